The van der Waals surface area contributed by atoms with E-state index in [4.69, 9.17) is 0 Å². The number of hydrogen-bond acceptors (Lipinski definition) is 4. The molecule has 1 amide bonds. The normalized spacial score (nSPS) is 11.0. The zero-order valence-electron chi connectivity index (χ0n) is 8.87. The predicted molar refractivity (Wildman–Crippen MR) is 56.6 cm³/mol. The van der Waals surface area contributed by atoms with Gasteiger partial charge in [0.25, 0.3) is 5.91 Å². The zero-order valence-corrected chi connectivity index (χ0v) is 9.68. The third-order valence-corrected chi connectivity index (χ3v) is 2.43. The molecule has 0 spiro atoms. The summed E-state index contributed by atoms with van der Waals surface area (Å²) in [5.41, 5.74) is 0.785. The van der Waals surface area contributed by atoms with Crippen molar-refractivity contribution in [3.63, 3.8) is 0 Å². The van der Waals surface area contributed by atoms with Crippen molar-refractivity contribution >= 4 is 17.4 Å². The molecule has 0 bridgehead atoms. The van der Waals surface area contributed by atoms with Crippen molar-refractivity contribution in [1.29, 1.82) is 0 Å². The van der Waals surface area contributed by atoms with Crippen molar-refractivity contribution in [1.82, 2.24) is 14.9 Å². The molecule has 0 unspecified atom stereocenters. The summed E-state index contributed by atoms with van der Waals surface area (Å²) < 4.78 is 3.80. The Morgan fingerprint density at radius 3 is 2.50 bits per heavy atom. The van der Waals surface area contributed by atoms with E-state index in [1.807, 2.05) is 27.7 Å². The Morgan fingerprint density at radius 2 is 2.00 bits per heavy atom. The molecule has 1 N–H and O–H groups in total. The summed E-state index contributed by atoms with van der Waals surface area (Å²) in [4.78, 5) is 12.3. The largest absolute Gasteiger partial charge is 0.349 e. The van der Waals surface area contributed by atoms with Gasteiger partial charge in [0.1, 0.15) is 4.88 Å². The van der Waals surface area contributed by atoms with Crippen molar-refractivity contribution in [2.24, 2.45) is 0 Å². The van der Waals surface area contributed by atoms with Gasteiger partial charge in [0, 0.05) is 6.04 Å². The molecule has 0 fully saturated rings. The Kier molecular flexibility index (Phi) is 3.57. The van der Waals surface area contributed by atoms with Gasteiger partial charge < -0.3 is 5.32 Å². The maximum absolute atomic E-state index is 11.7. The molecule has 1 aromatic rings. The molecular weight excluding hydrogens is 198 g/mol. The van der Waals surface area contributed by atoms with Crippen LogP contribution in [0.25, 0.3) is 0 Å². The Hall–Kier alpha value is -0.970. The van der Waals surface area contributed by atoms with E-state index >= 15 is 0 Å². The van der Waals surface area contributed by atoms with Gasteiger partial charge in [-0.15, -0.1) is 5.10 Å². The van der Waals surface area contributed by atoms with Crippen LogP contribution in [-0.2, 0) is 0 Å². The van der Waals surface area contributed by atoms with E-state index in [2.05, 4.69) is 14.9 Å². The van der Waals surface area contributed by atoms with E-state index in [0.29, 0.717) is 4.88 Å². The summed E-state index contributed by atoms with van der Waals surface area (Å²) in [6.07, 6.45) is 0. The highest BCUT2D eigenvalue weighted by atomic mass is 32.1. The fourth-order valence-electron chi connectivity index (χ4n) is 1.06. The quantitative estimate of drug-likeness (QED) is 0.833. The molecule has 5 heteroatoms. The van der Waals surface area contributed by atoms with Crippen molar-refractivity contribution in [3.8, 4) is 0 Å². The molecule has 0 aromatic carbocycles. The van der Waals surface area contributed by atoms with Crippen LogP contribution in [0.4, 0.5) is 0 Å². The van der Waals surface area contributed by atoms with E-state index in [0.717, 1.165) is 17.2 Å². The highest BCUT2D eigenvalue weighted by Gasteiger charge is 2.18. The number of amides is 1. The summed E-state index contributed by atoms with van der Waals surface area (Å²) >= 11 is 1.15. The lowest BCUT2D eigenvalue weighted by atomic mass is 10.1. The first-order valence-electron chi connectivity index (χ1n) is 4.65. The Bertz CT molecular complexity index is 320. The number of aromatic nitrogens is 2. The minimum atomic E-state index is -0.0706. The maximum Gasteiger partial charge on any atom is 0.265 e. The molecule has 0 aliphatic heterocycles. The first-order chi connectivity index (χ1) is 6.52. The molecule has 1 heterocycles. The average Bonchev–Trinajstić information content (AvgIpc) is 2.49. The van der Waals surface area contributed by atoms with Gasteiger partial charge in [-0.05, 0) is 31.3 Å². The molecule has 1 aromatic heterocycles. The van der Waals surface area contributed by atoms with Gasteiger partial charge in [-0.1, -0.05) is 18.3 Å². The Labute approximate surface area is 87.9 Å². The molecule has 0 saturated carbocycles. The monoisotopic (exact) mass is 213 g/mol. The summed E-state index contributed by atoms with van der Waals surface area (Å²) in [6.45, 7) is 7.87. The summed E-state index contributed by atoms with van der Waals surface area (Å²) in [7, 11) is 0. The lowest BCUT2D eigenvalue weighted by Crippen LogP contribution is -2.30. The lowest BCUT2D eigenvalue weighted by molar-refractivity contribution is 0.0945. The molecule has 0 aliphatic rings. The fraction of sp³-hybridized carbons (Fsp3) is 0.667. The molecule has 0 saturated heterocycles. The van der Waals surface area contributed by atoms with Crippen LogP contribution in [0.5, 0.6) is 0 Å². The average molecular weight is 213 g/mol. The molecule has 4 nitrogen and oxygen atoms in total. The topological polar surface area (TPSA) is 54.9 Å². The van der Waals surface area contributed by atoms with Crippen molar-refractivity contribution in [2.45, 2.75) is 39.7 Å². The molecule has 0 radical (unpaired) electrons. The molecular formula is C9H15N3OS. The van der Waals surface area contributed by atoms with Crippen molar-refractivity contribution in [3.05, 3.63) is 10.6 Å². The zero-order chi connectivity index (χ0) is 10.7. The number of carbonyl (C=O) groups excluding carboxylic acids is 1. The second-order valence-electron chi connectivity index (χ2n) is 3.77. The van der Waals surface area contributed by atoms with E-state index in [-0.39, 0.29) is 17.9 Å². The molecule has 0 atom stereocenters. The van der Waals surface area contributed by atoms with Gasteiger partial charge >= 0.3 is 0 Å². The van der Waals surface area contributed by atoms with E-state index in [1.165, 1.54) is 0 Å². The van der Waals surface area contributed by atoms with Gasteiger partial charge in [0.2, 0.25) is 0 Å². The smallest absolute Gasteiger partial charge is 0.265 e. The highest BCUT2D eigenvalue weighted by Crippen LogP contribution is 2.19. The molecule has 0 aliphatic carbocycles. The maximum atomic E-state index is 11.7. The van der Waals surface area contributed by atoms with E-state index in [9.17, 15) is 4.79 Å². The predicted octanol–water partition coefficient (Wildman–Crippen LogP) is 1.80. The minimum Gasteiger partial charge on any atom is -0.349 e. The van der Waals surface area contributed by atoms with E-state index in [1.54, 1.807) is 0 Å². The minimum absolute atomic E-state index is 0.0706. The number of nitrogens with zero attached hydrogens (tertiary/aromatic N) is 2. The van der Waals surface area contributed by atoms with Crippen LogP contribution in [0.1, 0.15) is 49.0 Å². The van der Waals surface area contributed by atoms with Crippen LogP contribution >= 0.6 is 11.5 Å². The first kappa shape index (κ1) is 11.1. The fourth-order valence-corrected chi connectivity index (χ4v) is 1.78. The van der Waals surface area contributed by atoms with Crippen LogP contribution in [0.2, 0.25) is 0 Å². The number of nitrogens with one attached hydrogen (secondary N) is 1. The van der Waals surface area contributed by atoms with Gasteiger partial charge in [0.05, 0.1) is 5.69 Å². The van der Waals surface area contributed by atoms with Gasteiger partial charge in [0.15, 0.2) is 0 Å². The first-order valence-corrected chi connectivity index (χ1v) is 5.42. The standard InChI is InChI=1S/C9H15N3OS/c1-5(2)7-8(14-12-11-7)9(13)10-6(3)4/h5-6H,1-4H3,(H,10,13). The third-order valence-electron chi connectivity index (χ3n) is 1.69. The van der Waals surface area contributed by atoms with Crippen LogP contribution in [0, 0.1) is 0 Å². The summed E-state index contributed by atoms with van der Waals surface area (Å²) in [6, 6.07) is 0.143. The van der Waals surface area contributed by atoms with E-state index < -0.39 is 0 Å². The molecule has 14 heavy (non-hydrogen) atoms. The van der Waals surface area contributed by atoms with Crippen molar-refractivity contribution in [2.75, 3.05) is 0 Å². The number of hydrogen-bond donors (Lipinski definition) is 1. The van der Waals surface area contributed by atoms with Gasteiger partial charge in [-0.25, -0.2) is 0 Å². The lowest BCUT2D eigenvalue weighted by Gasteiger charge is -2.08. The Balaban J connectivity index is 2.84. The molecule has 78 valence electrons. The molecule has 1 rings (SSSR count). The summed E-state index contributed by atoms with van der Waals surface area (Å²) in [5.74, 6) is 0.167. The van der Waals surface area contributed by atoms with Crippen LogP contribution in [0.3, 0.4) is 0 Å². The Morgan fingerprint density at radius 1 is 1.36 bits per heavy atom. The second kappa shape index (κ2) is 4.50. The van der Waals surface area contributed by atoms with Crippen LogP contribution in [-0.4, -0.2) is 21.5 Å². The number of rotatable bonds is 3. The van der Waals surface area contributed by atoms with Gasteiger partial charge in [-0.2, -0.15) is 0 Å². The second-order valence-corrected chi connectivity index (χ2v) is 4.52. The SMILES string of the molecule is CC(C)NC(=O)c1snnc1C(C)C. The van der Waals surface area contributed by atoms with Gasteiger partial charge in [-0.3, -0.25) is 4.79 Å². The van der Waals surface area contributed by atoms with Crippen LogP contribution < -0.4 is 5.32 Å². The number of carbonyl (C=O) groups is 1. The van der Waals surface area contributed by atoms with Crippen LogP contribution in [0.15, 0.2) is 0 Å². The third kappa shape index (κ3) is 2.51. The summed E-state index contributed by atoms with van der Waals surface area (Å²) in [5, 5.41) is 6.78. The highest BCUT2D eigenvalue weighted by molar-refractivity contribution is 7.08. The van der Waals surface area contributed by atoms with Crippen molar-refractivity contribution < 1.29 is 4.79 Å².